The summed E-state index contributed by atoms with van der Waals surface area (Å²) in [6.45, 7) is 18.5. The van der Waals surface area contributed by atoms with Crippen molar-refractivity contribution in [3.8, 4) is 0 Å². The van der Waals surface area contributed by atoms with Gasteiger partial charge in [-0.05, 0) is 57.9 Å². The van der Waals surface area contributed by atoms with E-state index < -0.39 is 6.04 Å². The average molecular weight is 509 g/mol. The topological polar surface area (TPSA) is 102 Å². The predicted octanol–water partition coefficient (Wildman–Crippen LogP) is 2.95. The Bertz CT molecular complexity index is 763. The summed E-state index contributed by atoms with van der Waals surface area (Å²) in [6.07, 6.45) is 4.71. The van der Waals surface area contributed by atoms with E-state index in [0.29, 0.717) is 5.57 Å². The molecule has 36 heavy (non-hydrogen) atoms. The van der Waals surface area contributed by atoms with E-state index in [4.69, 9.17) is 0 Å². The molecule has 1 fully saturated rings. The maximum atomic E-state index is 13.7. The van der Waals surface area contributed by atoms with E-state index in [1.54, 1.807) is 18.9 Å². The molecule has 1 heterocycles. The number of aliphatic hydroxyl groups excluding tert-OH is 1. The highest BCUT2D eigenvalue weighted by atomic mass is 16.3. The van der Waals surface area contributed by atoms with Crippen molar-refractivity contribution in [2.75, 3.05) is 20.2 Å². The van der Waals surface area contributed by atoms with Gasteiger partial charge in [0.1, 0.15) is 6.04 Å². The quantitative estimate of drug-likeness (QED) is 0.352. The van der Waals surface area contributed by atoms with Crippen LogP contribution in [0.1, 0.15) is 81.6 Å². The Morgan fingerprint density at radius 3 is 2.06 bits per heavy atom. The maximum absolute atomic E-state index is 13.7. The van der Waals surface area contributed by atoms with Crippen molar-refractivity contribution in [3.63, 3.8) is 0 Å². The van der Waals surface area contributed by atoms with Crippen molar-refractivity contribution in [3.05, 3.63) is 11.6 Å². The third kappa shape index (κ3) is 8.87. The van der Waals surface area contributed by atoms with Crippen LogP contribution in [0.25, 0.3) is 0 Å². The molecule has 8 heteroatoms. The fraction of sp³-hybridized carbons (Fsp3) is 0.821. The Balaban J connectivity index is 3.07. The van der Waals surface area contributed by atoms with Gasteiger partial charge in [-0.3, -0.25) is 19.3 Å². The smallest absolute Gasteiger partial charge is 0.246 e. The van der Waals surface area contributed by atoms with Gasteiger partial charge in [0, 0.05) is 18.7 Å². The lowest BCUT2D eigenvalue weighted by atomic mass is 9.95. The van der Waals surface area contributed by atoms with Crippen molar-refractivity contribution < 1.29 is 19.5 Å². The molecule has 8 nitrogen and oxygen atoms in total. The van der Waals surface area contributed by atoms with Crippen molar-refractivity contribution in [2.45, 2.75) is 112 Å². The normalized spacial score (nSPS) is 20.0. The molecule has 3 N–H and O–H groups in total. The number of aliphatic hydroxyl groups is 1. The number of nitrogens with one attached hydrogen (secondary N) is 2. The number of piperidine rings is 1. The SMILES string of the molecule is CC(=C[C@H](C(C)C)N(C)C(=O)[C@@H](NC(=O)[C@H]1CCCCN1C(C)C)C(C)C)C(=O)N[C@H](CO)C(C)C. The number of rotatable bonds is 12. The molecule has 3 amide bonds. The summed E-state index contributed by atoms with van der Waals surface area (Å²) in [5.74, 6) is -0.433. The van der Waals surface area contributed by atoms with Crippen molar-refractivity contribution in [1.82, 2.24) is 20.4 Å². The first-order valence-corrected chi connectivity index (χ1v) is 13.7. The minimum absolute atomic E-state index is 0.0544. The first-order valence-electron chi connectivity index (χ1n) is 13.7. The lowest BCUT2D eigenvalue weighted by Crippen LogP contribution is -2.58. The summed E-state index contributed by atoms with van der Waals surface area (Å²) in [6, 6.07) is -1.26. The number of carbonyl (C=O) groups excluding carboxylic acids is 3. The van der Waals surface area contributed by atoms with Crippen LogP contribution in [0, 0.1) is 17.8 Å². The Hall–Kier alpha value is -1.93. The molecule has 0 spiro atoms. The fourth-order valence-electron chi connectivity index (χ4n) is 4.77. The summed E-state index contributed by atoms with van der Waals surface area (Å²) >= 11 is 0. The molecule has 1 aliphatic rings. The molecular formula is C28H52N4O4. The van der Waals surface area contributed by atoms with Crippen LogP contribution in [0.2, 0.25) is 0 Å². The summed E-state index contributed by atoms with van der Waals surface area (Å²) in [5.41, 5.74) is 0.493. The number of likely N-dealkylation sites (tertiary alicyclic amines) is 1. The lowest BCUT2D eigenvalue weighted by molar-refractivity contribution is -0.140. The summed E-state index contributed by atoms with van der Waals surface area (Å²) in [5, 5.41) is 15.5. The van der Waals surface area contributed by atoms with E-state index in [9.17, 15) is 19.5 Å². The van der Waals surface area contributed by atoms with Crippen LogP contribution >= 0.6 is 0 Å². The van der Waals surface area contributed by atoms with E-state index >= 15 is 0 Å². The van der Waals surface area contributed by atoms with Crippen molar-refractivity contribution in [1.29, 1.82) is 0 Å². The largest absolute Gasteiger partial charge is 0.394 e. The maximum Gasteiger partial charge on any atom is 0.246 e. The van der Waals surface area contributed by atoms with Crippen LogP contribution in [0.15, 0.2) is 11.6 Å². The molecule has 0 aromatic carbocycles. The Labute approximate surface area is 219 Å². The molecule has 1 rings (SSSR count). The standard InChI is InChI=1S/C28H52N4O4/c1-17(2)22(16-33)29-26(34)21(9)15-24(18(3)4)31(10)28(36)25(19(5)6)30-27(35)23-13-11-12-14-32(23)20(7)8/h15,17-20,22-25,33H,11-14,16H2,1-10H3,(H,29,34)(H,30,35)/t22-,23-,24-,25+/m1/s1. The van der Waals surface area contributed by atoms with Crippen LogP contribution in [0.3, 0.4) is 0 Å². The molecule has 4 atom stereocenters. The summed E-state index contributed by atoms with van der Waals surface area (Å²) in [7, 11) is 1.74. The van der Waals surface area contributed by atoms with Crippen molar-refractivity contribution in [2.24, 2.45) is 17.8 Å². The van der Waals surface area contributed by atoms with Gasteiger partial charge in [-0.2, -0.15) is 0 Å². The van der Waals surface area contributed by atoms with Crippen LogP contribution in [-0.2, 0) is 14.4 Å². The van der Waals surface area contributed by atoms with Gasteiger partial charge in [0.25, 0.3) is 0 Å². The number of hydrogen-bond acceptors (Lipinski definition) is 5. The minimum Gasteiger partial charge on any atom is -0.394 e. The van der Waals surface area contributed by atoms with Crippen LogP contribution < -0.4 is 10.6 Å². The summed E-state index contributed by atoms with van der Waals surface area (Å²) < 4.78 is 0. The fourth-order valence-corrected chi connectivity index (χ4v) is 4.77. The Morgan fingerprint density at radius 1 is 0.972 bits per heavy atom. The number of hydrogen-bond donors (Lipinski definition) is 3. The third-order valence-corrected chi connectivity index (χ3v) is 7.32. The van der Waals surface area contributed by atoms with Gasteiger partial charge in [-0.1, -0.05) is 54.0 Å². The molecule has 0 bridgehead atoms. The van der Waals surface area contributed by atoms with Gasteiger partial charge < -0.3 is 20.6 Å². The van der Waals surface area contributed by atoms with Gasteiger partial charge in [0.05, 0.1) is 24.7 Å². The van der Waals surface area contributed by atoms with E-state index in [0.717, 1.165) is 25.8 Å². The van der Waals surface area contributed by atoms with Crippen LogP contribution in [0.4, 0.5) is 0 Å². The van der Waals surface area contributed by atoms with Crippen LogP contribution in [-0.4, -0.2) is 83.0 Å². The molecule has 0 aromatic rings. The van der Waals surface area contributed by atoms with E-state index in [-0.39, 0.29) is 66.2 Å². The first-order chi connectivity index (χ1) is 16.7. The molecule has 0 saturated carbocycles. The molecular weight excluding hydrogens is 456 g/mol. The third-order valence-electron chi connectivity index (χ3n) is 7.32. The number of nitrogens with zero attached hydrogens (tertiary/aromatic N) is 2. The highest BCUT2D eigenvalue weighted by Crippen LogP contribution is 2.21. The van der Waals surface area contributed by atoms with Gasteiger partial charge in [0.15, 0.2) is 0 Å². The predicted molar refractivity (Wildman–Crippen MR) is 145 cm³/mol. The van der Waals surface area contributed by atoms with E-state index in [1.807, 2.05) is 47.6 Å². The lowest BCUT2D eigenvalue weighted by Gasteiger charge is -2.39. The average Bonchev–Trinajstić information content (AvgIpc) is 2.82. The molecule has 0 unspecified atom stereocenters. The Kier molecular flexibility index (Phi) is 13.1. The van der Waals surface area contributed by atoms with Crippen LogP contribution in [0.5, 0.6) is 0 Å². The molecule has 208 valence electrons. The zero-order valence-corrected chi connectivity index (χ0v) is 24.3. The minimum atomic E-state index is -0.651. The zero-order chi connectivity index (χ0) is 27.7. The molecule has 0 aromatic heterocycles. The van der Waals surface area contributed by atoms with Gasteiger partial charge in [0.2, 0.25) is 17.7 Å². The summed E-state index contributed by atoms with van der Waals surface area (Å²) in [4.78, 5) is 43.6. The monoisotopic (exact) mass is 508 g/mol. The number of carbonyl (C=O) groups is 3. The second-order valence-electron chi connectivity index (χ2n) is 11.6. The highest BCUT2D eigenvalue weighted by Gasteiger charge is 2.36. The zero-order valence-electron chi connectivity index (χ0n) is 24.3. The first kappa shape index (κ1) is 32.1. The number of likely N-dealkylation sites (N-methyl/N-ethyl adjacent to an activating group) is 1. The highest BCUT2D eigenvalue weighted by molar-refractivity contribution is 5.93. The Morgan fingerprint density at radius 2 is 1.58 bits per heavy atom. The van der Waals surface area contributed by atoms with E-state index in [1.165, 1.54) is 0 Å². The van der Waals surface area contributed by atoms with Crippen molar-refractivity contribution >= 4 is 17.7 Å². The van der Waals surface area contributed by atoms with Gasteiger partial charge >= 0.3 is 0 Å². The molecule has 1 aliphatic heterocycles. The second kappa shape index (κ2) is 14.7. The molecule has 1 saturated heterocycles. The second-order valence-corrected chi connectivity index (χ2v) is 11.6. The van der Waals surface area contributed by atoms with Gasteiger partial charge in [-0.15, -0.1) is 0 Å². The van der Waals surface area contributed by atoms with E-state index in [2.05, 4.69) is 29.4 Å². The van der Waals surface area contributed by atoms with Gasteiger partial charge in [-0.25, -0.2) is 0 Å². The molecule has 0 aliphatic carbocycles. The number of amides is 3. The molecule has 0 radical (unpaired) electrons.